The first-order valence-corrected chi connectivity index (χ1v) is 4.23. The molecule has 0 aliphatic rings. The fraction of sp³-hybridized carbons (Fsp3) is 0.889. The molecule has 78 valence electrons. The van der Waals surface area contributed by atoms with Crippen molar-refractivity contribution >= 4 is 5.97 Å². The minimum absolute atomic E-state index is 0.279. The van der Waals surface area contributed by atoms with Gasteiger partial charge in [-0.25, -0.2) is 0 Å². The molecule has 0 aromatic heterocycles. The monoisotopic (exact) mass is 190 g/mol. The van der Waals surface area contributed by atoms with Gasteiger partial charge in [0.05, 0.1) is 20.3 Å². The summed E-state index contributed by atoms with van der Waals surface area (Å²) in [5, 5.41) is 0. The molecule has 0 rings (SSSR count). The summed E-state index contributed by atoms with van der Waals surface area (Å²) in [6.07, 6.45) is 0.640. The number of methoxy groups -OCH3 is 3. The first-order chi connectivity index (χ1) is 6.16. The molecular formula is C9H18O4. The van der Waals surface area contributed by atoms with Crippen molar-refractivity contribution in [3.63, 3.8) is 0 Å². The van der Waals surface area contributed by atoms with Gasteiger partial charge in [0.2, 0.25) is 0 Å². The van der Waals surface area contributed by atoms with Crippen LogP contribution in [0.5, 0.6) is 0 Å². The van der Waals surface area contributed by atoms with E-state index in [2.05, 4.69) is 0 Å². The summed E-state index contributed by atoms with van der Waals surface area (Å²) in [6, 6.07) is 0. The third kappa shape index (κ3) is 2.97. The van der Waals surface area contributed by atoms with Crippen molar-refractivity contribution in [2.45, 2.75) is 13.3 Å². The van der Waals surface area contributed by atoms with E-state index in [0.29, 0.717) is 19.6 Å². The first kappa shape index (κ1) is 12.4. The van der Waals surface area contributed by atoms with Crippen LogP contribution < -0.4 is 0 Å². The minimum Gasteiger partial charge on any atom is -0.468 e. The number of hydrogen-bond acceptors (Lipinski definition) is 4. The Morgan fingerprint density at radius 1 is 1.15 bits per heavy atom. The molecule has 0 aliphatic carbocycles. The smallest absolute Gasteiger partial charge is 0.316 e. The van der Waals surface area contributed by atoms with Crippen LogP contribution >= 0.6 is 0 Å². The molecule has 0 atom stereocenters. The third-order valence-electron chi connectivity index (χ3n) is 2.14. The summed E-state index contributed by atoms with van der Waals surface area (Å²) in [7, 11) is 4.49. The highest BCUT2D eigenvalue weighted by atomic mass is 16.5. The molecule has 0 unspecified atom stereocenters. The summed E-state index contributed by atoms with van der Waals surface area (Å²) >= 11 is 0. The maximum absolute atomic E-state index is 11.5. The lowest BCUT2D eigenvalue weighted by atomic mass is 9.87. The number of carbonyl (C=O) groups is 1. The zero-order valence-electron chi connectivity index (χ0n) is 8.75. The molecule has 0 fully saturated rings. The molecular weight excluding hydrogens is 172 g/mol. The van der Waals surface area contributed by atoms with E-state index in [1.165, 1.54) is 7.11 Å². The Morgan fingerprint density at radius 3 is 1.85 bits per heavy atom. The Morgan fingerprint density at radius 2 is 1.62 bits per heavy atom. The second-order valence-electron chi connectivity index (χ2n) is 2.99. The maximum Gasteiger partial charge on any atom is 0.316 e. The van der Waals surface area contributed by atoms with Crippen molar-refractivity contribution in [1.29, 1.82) is 0 Å². The highest BCUT2D eigenvalue weighted by Crippen LogP contribution is 2.24. The van der Waals surface area contributed by atoms with Crippen molar-refractivity contribution in [1.82, 2.24) is 0 Å². The zero-order valence-corrected chi connectivity index (χ0v) is 8.75. The molecule has 0 N–H and O–H groups in total. The van der Waals surface area contributed by atoms with Crippen molar-refractivity contribution in [3.05, 3.63) is 0 Å². The average molecular weight is 190 g/mol. The molecule has 0 radical (unpaired) electrons. The Labute approximate surface area is 79.2 Å². The lowest BCUT2D eigenvalue weighted by Gasteiger charge is -2.27. The van der Waals surface area contributed by atoms with Crippen LogP contribution in [0.25, 0.3) is 0 Å². The molecule has 13 heavy (non-hydrogen) atoms. The molecule has 0 aromatic rings. The van der Waals surface area contributed by atoms with Gasteiger partial charge in [-0.3, -0.25) is 4.79 Å². The van der Waals surface area contributed by atoms with E-state index in [1.807, 2.05) is 6.92 Å². The Bertz CT molecular complexity index is 150. The molecule has 4 nitrogen and oxygen atoms in total. The summed E-state index contributed by atoms with van der Waals surface area (Å²) in [6.45, 7) is 2.56. The van der Waals surface area contributed by atoms with Gasteiger partial charge in [0.1, 0.15) is 5.41 Å². The Kier molecular flexibility index (Phi) is 5.66. The number of hydrogen-bond donors (Lipinski definition) is 0. The highest BCUT2D eigenvalue weighted by molar-refractivity contribution is 5.77. The van der Waals surface area contributed by atoms with Crippen LogP contribution in [0.2, 0.25) is 0 Å². The molecule has 0 saturated carbocycles. The predicted octanol–water partition coefficient (Wildman–Crippen LogP) is 0.849. The van der Waals surface area contributed by atoms with E-state index in [-0.39, 0.29) is 5.97 Å². The van der Waals surface area contributed by atoms with Gasteiger partial charge in [0.25, 0.3) is 0 Å². The van der Waals surface area contributed by atoms with Crippen LogP contribution in [0, 0.1) is 5.41 Å². The van der Waals surface area contributed by atoms with Crippen molar-refractivity contribution < 1.29 is 19.0 Å². The minimum atomic E-state index is -0.655. The quantitative estimate of drug-likeness (QED) is 0.582. The van der Waals surface area contributed by atoms with Crippen molar-refractivity contribution in [2.24, 2.45) is 5.41 Å². The van der Waals surface area contributed by atoms with Gasteiger partial charge in [-0.15, -0.1) is 0 Å². The number of ether oxygens (including phenoxy) is 3. The first-order valence-electron chi connectivity index (χ1n) is 4.23. The lowest BCUT2D eigenvalue weighted by Crippen LogP contribution is -2.40. The fourth-order valence-electron chi connectivity index (χ4n) is 1.28. The maximum atomic E-state index is 11.5. The van der Waals surface area contributed by atoms with Crippen LogP contribution in [0.4, 0.5) is 0 Å². The zero-order chi connectivity index (χ0) is 10.3. The average Bonchev–Trinajstić information content (AvgIpc) is 2.16. The topological polar surface area (TPSA) is 44.8 Å². The van der Waals surface area contributed by atoms with E-state index in [1.54, 1.807) is 14.2 Å². The van der Waals surface area contributed by atoms with Crippen LogP contribution in [-0.2, 0) is 19.0 Å². The molecule has 4 heteroatoms. The van der Waals surface area contributed by atoms with Gasteiger partial charge in [-0.05, 0) is 6.42 Å². The van der Waals surface area contributed by atoms with Crippen molar-refractivity contribution in [3.8, 4) is 0 Å². The lowest BCUT2D eigenvalue weighted by molar-refractivity contribution is -0.160. The molecule has 0 aliphatic heterocycles. The molecule has 0 heterocycles. The molecule has 0 spiro atoms. The normalized spacial score (nSPS) is 11.4. The van der Waals surface area contributed by atoms with E-state index in [4.69, 9.17) is 14.2 Å². The van der Waals surface area contributed by atoms with E-state index in [9.17, 15) is 4.79 Å². The largest absolute Gasteiger partial charge is 0.468 e. The molecule has 0 bridgehead atoms. The van der Waals surface area contributed by atoms with Gasteiger partial charge >= 0.3 is 5.97 Å². The van der Waals surface area contributed by atoms with Crippen LogP contribution in [-0.4, -0.2) is 40.5 Å². The third-order valence-corrected chi connectivity index (χ3v) is 2.14. The van der Waals surface area contributed by atoms with Gasteiger partial charge < -0.3 is 14.2 Å². The van der Waals surface area contributed by atoms with Gasteiger partial charge in [-0.2, -0.15) is 0 Å². The summed E-state index contributed by atoms with van der Waals surface area (Å²) in [5.41, 5.74) is -0.655. The van der Waals surface area contributed by atoms with E-state index < -0.39 is 5.41 Å². The van der Waals surface area contributed by atoms with E-state index in [0.717, 1.165) is 0 Å². The molecule has 0 amide bonds. The van der Waals surface area contributed by atoms with E-state index >= 15 is 0 Å². The number of esters is 1. The van der Waals surface area contributed by atoms with Gasteiger partial charge in [0.15, 0.2) is 0 Å². The molecule has 0 saturated heterocycles. The summed E-state index contributed by atoms with van der Waals surface area (Å²) in [4.78, 5) is 11.5. The molecule has 0 aromatic carbocycles. The highest BCUT2D eigenvalue weighted by Gasteiger charge is 2.38. The van der Waals surface area contributed by atoms with Crippen LogP contribution in [0.1, 0.15) is 13.3 Å². The predicted molar refractivity (Wildman–Crippen MR) is 48.5 cm³/mol. The number of rotatable bonds is 6. The second-order valence-corrected chi connectivity index (χ2v) is 2.99. The van der Waals surface area contributed by atoms with Gasteiger partial charge in [-0.1, -0.05) is 6.92 Å². The van der Waals surface area contributed by atoms with Crippen LogP contribution in [0.3, 0.4) is 0 Å². The fourth-order valence-corrected chi connectivity index (χ4v) is 1.28. The Hall–Kier alpha value is -0.610. The second kappa shape index (κ2) is 5.94. The standard InChI is InChI=1S/C9H18O4/c1-5-9(6-11-2,7-12-3)8(10)13-4/h5-7H2,1-4H3. The number of carbonyl (C=O) groups excluding carboxylic acids is 1. The SMILES string of the molecule is CCC(COC)(COC)C(=O)OC. The summed E-state index contributed by atoms with van der Waals surface area (Å²) in [5.74, 6) is -0.279. The van der Waals surface area contributed by atoms with Gasteiger partial charge in [0, 0.05) is 14.2 Å². The van der Waals surface area contributed by atoms with Crippen LogP contribution in [0.15, 0.2) is 0 Å². The Balaban J connectivity index is 4.52. The summed E-state index contributed by atoms with van der Waals surface area (Å²) < 4.78 is 14.7. The van der Waals surface area contributed by atoms with Crippen molar-refractivity contribution in [2.75, 3.05) is 34.5 Å².